The first kappa shape index (κ1) is 20.8. The Balaban J connectivity index is 1.42. The zero-order valence-electron chi connectivity index (χ0n) is 16.3. The zero-order valence-corrected chi connectivity index (χ0v) is 16.3. The second-order valence-electron chi connectivity index (χ2n) is 6.89. The average Bonchev–Trinajstić information content (AvgIpc) is 2.75. The lowest BCUT2D eigenvalue weighted by atomic mass is 9.95. The normalized spacial score (nSPS) is 15.0. The van der Waals surface area contributed by atoms with Crippen LogP contribution in [0.3, 0.4) is 0 Å². The van der Waals surface area contributed by atoms with Gasteiger partial charge in [-0.3, -0.25) is 0 Å². The van der Waals surface area contributed by atoms with Crippen molar-refractivity contribution < 1.29 is 28.3 Å². The van der Waals surface area contributed by atoms with Gasteiger partial charge in [-0.25, -0.2) is 14.0 Å². The fraction of sp³-hybridized carbons (Fsp3) is 0.364. The second-order valence-corrected chi connectivity index (χ2v) is 6.89. The molecule has 0 radical (unpaired) electrons. The first-order chi connectivity index (χ1) is 14.1. The van der Waals surface area contributed by atoms with Crippen LogP contribution < -0.4 is 4.74 Å². The van der Waals surface area contributed by atoms with Gasteiger partial charge in [0.05, 0.1) is 24.8 Å². The second kappa shape index (κ2) is 10.0. The lowest BCUT2D eigenvalue weighted by Gasteiger charge is -2.30. The topological polar surface area (TPSA) is 65.1 Å². The average molecular weight is 401 g/mol. The van der Waals surface area contributed by atoms with E-state index in [2.05, 4.69) is 4.74 Å². The van der Waals surface area contributed by atoms with Crippen LogP contribution in [0, 0.1) is 11.7 Å². The molecule has 0 aliphatic carbocycles. The maximum absolute atomic E-state index is 13.6. The standard InChI is InChI=1S/C22H24FNO5/c1-27-21(25)17-5-4-6-18(15-17)22(26)29-24-12-9-16(10-13-24)11-14-28-20-8-3-2-7-19(20)23/h2-8,15-16H,9-14H2,1H3. The minimum absolute atomic E-state index is 0.271. The molecule has 0 aromatic heterocycles. The minimum atomic E-state index is -0.503. The van der Waals surface area contributed by atoms with E-state index in [0.29, 0.717) is 36.7 Å². The molecule has 154 valence electrons. The van der Waals surface area contributed by atoms with Crippen molar-refractivity contribution in [2.45, 2.75) is 19.3 Å². The van der Waals surface area contributed by atoms with Crippen molar-refractivity contribution in [2.24, 2.45) is 5.92 Å². The van der Waals surface area contributed by atoms with Gasteiger partial charge in [0.25, 0.3) is 0 Å². The molecule has 0 spiro atoms. The van der Waals surface area contributed by atoms with E-state index in [1.54, 1.807) is 41.5 Å². The summed E-state index contributed by atoms with van der Waals surface area (Å²) in [5.74, 6) is -0.659. The van der Waals surface area contributed by atoms with E-state index in [-0.39, 0.29) is 11.6 Å². The Labute approximate surface area is 169 Å². The molecule has 7 heteroatoms. The van der Waals surface area contributed by atoms with Crippen molar-refractivity contribution in [3.05, 3.63) is 65.5 Å². The lowest BCUT2D eigenvalue weighted by Crippen LogP contribution is -2.36. The highest BCUT2D eigenvalue weighted by Gasteiger charge is 2.23. The first-order valence-electron chi connectivity index (χ1n) is 9.60. The SMILES string of the molecule is COC(=O)c1cccc(C(=O)ON2CCC(CCOc3ccccc3F)CC2)c1. The Morgan fingerprint density at radius 1 is 1.03 bits per heavy atom. The van der Waals surface area contributed by atoms with Gasteiger partial charge < -0.3 is 14.3 Å². The Morgan fingerprint density at radius 2 is 1.72 bits per heavy atom. The number of hydroxylamine groups is 2. The van der Waals surface area contributed by atoms with E-state index in [4.69, 9.17) is 9.57 Å². The predicted molar refractivity (Wildman–Crippen MR) is 104 cm³/mol. The van der Waals surface area contributed by atoms with Gasteiger partial charge in [-0.15, -0.1) is 5.06 Å². The molecule has 29 heavy (non-hydrogen) atoms. The molecule has 0 unspecified atom stereocenters. The Kier molecular flexibility index (Phi) is 7.19. The molecule has 1 fully saturated rings. The fourth-order valence-corrected chi connectivity index (χ4v) is 3.25. The van der Waals surface area contributed by atoms with Crippen molar-refractivity contribution in [3.63, 3.8) is 0 Å². The summed E-state index contributed by atoms with van der Waals surface area (Å²) in [5.41, 5.74) is 0.601. The van der Waals surface area contributed by atoms with Crippen LogP contribution in [0.2, 0.25) is 0 Å². The van der Waals surface area contributed by atoms with Crippen LogP contribution in [0.1, 0.15) is 40.0 Å². The maximum Gasteiger partial charge on any atom is 0.357 e. The summed E-state index contributed by atoms with van der Waals surface area (Å²) in [5, 5.41) is 1.64. The third-order valence-electron chi connectivity index (χ3n) is 4.93. The van der Waals surface area contributed by atoms with Crippen LogP contribution in [0.4, 0.5) is 4.39 Å². The van der Waals surface area contributed by atoms with E-state index >= 15 is 0 Å². The summed E-state index contributed by atoms with van der Waals surface area (Å²) in [7, 11) is 1.29. The summed E-state index contributed by atoms with van der Waals surface area (Å²) >= 11 is 0. The molecule has 2 aromatic rings. The molecule has 0 atom stereocenters. The van der Waals surface area contributed by atoms with E-state index in [1.807, 2.05) is 0 Å². The molecule has 0 N–H and O–H groups in total. The van der Waals surface area contributed by atoms with Crippen LogP contribution in [0.25, 0.3) is 0 Å². The number of carbonyl (C=O) groups is 2. The van der Waals surface area contributed by atoms with Crippen molar-refractivity contribution >= 4 is 11.9 Å². The Morgan fingerprint density at radius 3 is 2.41 bits per heavy atom. The molecule has 1 heterocycles. The molecule has 6 nitrogen and oxygen atoms in total. The number of halogens is 1. The molecular weight excluding hydrogens is 377 g/mol. The monoisotopic (exact) mass is 401 g/mol. The van der Waals surface area contributed by atoms with Crippen molar-refractivity contribution in [2.75, 3.05) is 26.8 Å². The van der Waals surface area contributed by atoms with Gasteiger partial charge in [-0.1, -0.05) is 18.2 Å². The third kappa shape index (κ3) is 5.77. The van der Waals surface area contributed by atoms with Crippen LogP contribution in [-0.2, 0) is 9.57 Å². The maximum atomic E-state index is 13.6. The first-order valence-corrected chi connectivity index (χ1v) is 9.60. The highest BCUT2D eigenvalue weighted by Crippen LogP contribution is 2.23. The largest absolute Gasteiger partial charge is 0.491 e. The molecule has 2 aromatic carbocycles. The number of carbonyl (C=O) groups excluding carboxylic acids is 2. The van der Waals surface area contributed by atoms with Gasteiger partial charge in [0.1, 0.15) is 0 Å². The van der Waals surface area contributed by atoms with E-state index in [0.717, 1.165) is 19.3 Å². The number of esters is 1. The fourth-order valence-electron chi connectivity index (χ4n) is 3.25. The summed E-state index contributed by atoms with van der Waals surface area (Å²) in [4.78, 5) is 29.4. The van der Waals surface area contributed by atoms with Gasteiger partial charge in [0.2, 0.25) is 0 Å². The number of hydrogen-bond acceptors (Lipinski definition) is 6. The van der Waals surface area contributed by atoms with Gasteiger partial charge in [-0.2, -0.15) is 0 Å². The number of piperidine rings is 1. The number of ether oxygens (including phenoxy) is 2. The van der Waals surface area contributed by atoms with E-state index in [9.17, 15) is 14.0 Å². The molecule has 3 rings (SSSR count). The van der Waals surface area contributed by atoms with Crippen molar-refractivity contribution in [3.8, 4) is 5.75 Å². The molecule has 1 aliphatic rings. The van der Waals surface area contributed by atoms with Gasteiger partial charge in [-0.05, 0) is 55.5 Å². The Hall–Kier alpha value is -2.93. The molecule has 0 amide bonds. The summed E-state index contributed by atoms with van der Waals surface area (Å²) in [6.07, 6.45) is 2.53. The number of methoxy groups -OCH3 is 1. The molecule has 1 aliphatic heterocycles. The van der Waals surface area contributed by atoms with Crippen LogP contribution >= 0.6 is 0 Å². The highest BCUT2D eigenvalue weighted by molar-refractivity contribution is 5.95. The number of para-hydroxylation sites is 1. The van der Waals surface area contributed by atoms with E-state index in [1.165, 1.54) is 19.2 Å². The van der Waals surface area contributed by atoms with Crippen LogP contribution in [0.15, 0.2) is 48.5 Å². The molecule has 0 saturated carbocycles. The van der Waals surface area contributed by atoms with E-state index < -0.39 is 11.9 Å². The highest BCUT2D eigenvalue weighted by atomic mass is 19.1. The number of nitrogens with zero attached hydrogens (tertiary/aromatic N) is 1. The smallest absolute Gasteiger partial charge is 0.357 e. The number of rotatable bonds is 7. The molecule has 1 saturated heterocycles. The third-order valence-corrected chi connectivity index (χ3v) is 4.93. The summed E-state index contributed by atoms with van der Waals surface area (Å²) in [6.45, 7) is 1.69. The van der Waals surface area contributed by atoms with Gasteiger partial charge >= 0.3 is 11.9 Å². The van der Waals surface area contributed by atoms with Crippen LogP contribution in [-0.4, -0.2) is 43.8 Å². The van der Waals surface area contributed by atoms with Crippen LogP contribution in [0.5, 0.6) is 5.75 Å². The molecule has 0 bridgehead atoms. The van der Waals surface area contributed by atoms with Gasteiger partial charge in [0.15, 0.2) is 11.6 Å². The molecular formula is C22H24FNO5. The quantitative estimate of drug-likeness (QED) is 0.657. The summed E-state index contributed by atoms with van der Waals surface area (Å²) in [6, 6.07) is 12.6. The summed E-state index contributed by atoms with van der Waals surface area (Å²) < 4.78 is 23.7. The Bertz CT molecular complexity index is 849. The minimum Gasteiger partial charge on any atom is -0.491 e. The van der Waals surface area contributed by atoms with Gasteiger partial charge in [0, 0.05) is 13.1 Å². The van der Waals surface area contributed by atoms with Crippen molar-refractivity contribution in [1.82, 2.24) is 5.06 Å². The lowest BCUT2D eigenvalue weighted by molar-refractivity contribution is -0.126. The number of hydrogen-bond donors (Lipinski definition) is 0. The zero-order chi connectivity index (χ0) is 20.6. The number of benzene rings is 2. The van der Waals surface area contributed by atoms with Crippen molar-refractivity contribution in [1.29, 1.82) is 0 Å². The predicted octanol–water partition coefficient (Wildman–Crippen LogP) is 3.87.